The van der Waals surface area contributed by atoms with E-state index in [-0.39, 0.29) is 5.43 Å². The van der Waals surface area contributed by atoms with Crippen LogP contribution in [0.5, 0.6) is 0 Å². The fourth-order valence-electron chi connectivity index (χ4n) is 6.37. The summed E-state index contributed by atoms with van der Waals surface area (Å²) in [5, 5.41) is 3.57. The van der Waals surface area contributed by atoms with E-state index in [1.54, 1.807) is 0 Å². The van der Waals surface area contributed by atoms with Crippen LogP contribution in [0.2, 0.25) is 0 Å². The van der Waals surface area contributed by atoms with Gasteiger partial charge in [0.25, 0.3) is 0 Å². The first kappa shape index (κ1) is 23.7. The molecule has 0 aliphatic carbocycles. The van der Waals surface area contributed by atoms with E-state index in [0.717, 1.165) is 33.8 Å². The number of hydrogen-bond acceptors (Lipinski definition) is 3. The third-order valence-electron chi connectivity index (χ3n) is 8.33. The number of imidazole rings is 1. The Balaban J connectivity index is 1.27. The van der Waals surface area contributed by atoms with Crippen molar-refractivity contribution in [3.8, 4) is 22.8 Å². The third kappa shape index (κ3) is 3.52. The van der Waals surface area contributed by atoms with E-state index in [2.05, 4.69) is 94.1 Å². The van der Waals surface area contributed by atoms with Gasteiger partial charge < -0.3 is 8.98 Å². The van der Waals surface area contributed by atoms with Crippen LogP contribution in [0.25, 0.3) is 77.5 Å². The van der Waals surface area contributed by atoms with Crippen LogP contribution in [-0.4, -0.2) is 14.1 Å². The zero-order valence-corrected chi connectivity index (χ0v) is 22.9. The van der Waals surface area contributed by atoms with E-state index in [4.69, 9.17) is 9.40 Å². The molecule has 0 saturated heterocycles. The molecule has 0 radical (unpaired) electrons. The van der Waals surface area contributed by atoms with Crippen LogP contribution in [0.15, 0.2) is 149 Å². The van der Waals surface area contributed by atoms with Crippen LogP contribution < -0.4 is 5.43 Å². The molecule has 0 fully saturated rings. The van der Waals surface area contributed by atoms with Gasteiger partial charge in [-0.1, -0.05) is 66.7 Å². The SMILES string of the molecule is O=c1c2ccccc2oc2cc3nc(-c4ccc(-n5c6ccccc6c6ccccc65)cc4)n(-c4ccccc4)c3cc12. The molecule has 9 aromatic rings. The van der Waals surface area contributed by atoms with Crippen LogP contribution in [0.4, 0.5) is 0 Å². The lowest BCUT2D eigenvalue weighted by Gasteiger charge is -2.12. The van der Waals surface area contributed by atoms with Gasteiger partial charge >= 0.3 is 0 Å². The predicted molar refractivity (Wildman–Crippen MR) is 174 cm³/mol. The molecule has 202 valence electrons. The minimum Gasteiger partial charge on any atom is -0.456 e. The molecule has 6 aromatic carbocycles. The highest BCUT2D eigenvalue weighted by atomic mass is 16.3. The van der Waals surface area contributed by atoms with Gasteiger partial charge in [-0.25, -0.2) is 4.98 Å². The van der Waals surface area contributed by atoms with Gasteiger partial charge in [-0.05, 0) is 66.7 Å². The molecule has 43 heavy (non-hydrogen) atoms. The number of aromatic nitrogens is 3. The summed E-state index contributed by atoms with van der Waals surface area (Å²) in [4.78, 5) is 18.6. The Morgan fingerprint density at radius 2 is 1.09 bits per heavy atom. The van der Waals surface area contributed by atoms with E-state index in [0.29, 0.717) is 21.9 Å². The molecule has 0 atom stereocenters. The first-order valence-electron chi connectivity index (χ1n) is 14.3. The molecule has 0 aliphatic rings. The highest BCUT2D eigenvalue weighted by Crippen LogP contribution is 2.35. The van der Waals surface area contributed by atoms with Gasteiger partial charge in [-0.15, -0.1) is 0 Å². The summed E-state index contributed by atoms with van der Waals surface area (Å²) < 4.78 is 10.6. The van der Waals surface area contributed by atoms with Crippen molar-refractivity contribution in [2.45, 2.75) is 0 Å². The molecule has 3 aromatic heterocycles. The van der Waals surface area contributed by atoms with Gasteiger partial charge in [0.2, 0.25) is 5.43 Å². The summed E-state index contributed by atoms with van der Waals surface area (Å²) in [6.45, 7) is 0. The normalized spacial score (nSPS) is 11.8. The number of hydrogen-bond donors (Lipinski definition) is 0. The zero-order chi connectivity index (χ0) is 28.5. The minimum atomic E-state index is -0.0448. The Morgan fingerprint density at radius 1 is 0.488 bits per heavy atom. The van der Waals surface area contributed by atoms with Gasteiger partial charge in [0, 0.05) is 33.8 Å². The fraction of sp³-hybridized carbons (Fsp3) is 0. The number of para-hydroxylation sites is 4. The zero-order valence-electron chi connectivity index (χ0n) is 22.9. The maximum absolute atomic E-state index is 13.5. The first-order valence-corrected chi connectivity index (χ1v) is 14.3. The quantitative estimate of drug-likeness (QED) is 0.205. The molecule has 0 amide bonds. The average Bonchev–Trinajstić information content (AvgIpc) is 3.60. The van der Waals surface area contributed by atoms with E-state index in [1.165, 1.54) is 21.8 Å². The molecular weight excluding hydrogens is 530 g/mol. The highest BCUT2D eigenvalue weighted by molar-refractivity contribution is 6.09. The van der Waals surface area contributed by atoms with Gasteiger partial charge in [0.1, 0.15) is 17.0 Å². The van der Waals surface area contributed by atoms with Gasteiger partial charge in [-0.2, -0.15) is 0 Å². The summed E-state index contributed by atoms with van der Waals surface area (Å²) in [5.41, 5.74) is 8.03. The summed E-state index contributed by atoms with van der Waals surface area (Å²) in [6, 6.07) is 46.9. The Labute approximate surface area is 245 Å². The fourth-order valence-corrected chi connectivity index (χ4v) is 6.37. The van der Waals surface area contributed by atoms with Crippen molar-refractivity contribution in [3.63, 3.8) is 0 Å². The van der Waals surface area contributed by atoms with E-state index in [1.807, 2.05) is 54.6 Å². The molecule has 0 unspecified atom stereocenters. The Morgan fingerprint density at radius 3 is 1.81 bits per heavy atom. The second-order valence-corrected chi connectivity index (χ2v) is 10.8. The summed E-state index contributed by atoms with van der Waals surface area (Å²) >= 11 is 0. The minimum absolute atomic E-state index is 0.0448. The molecule has 9 rings (SSSR count). The summed E-state index contributed by atoms with van der Waals surface area (Å²) in [5.74, 6) is 0.794. The molecule has 0 spiro atoms. The summed E-state index contributed by atoms with van der Waals surface area (Å²) in [6.07, 6.45) is 0. The first-order chi connectivity index (χ1) is 21.2. The number of nitrogens with zero attached hydrogens (tertiary/aromatic N) is 3. The molecule has 0 bridgehead atoms. The lowest BCUT2D eigenvalue weighted by molar-refractivity contribution is 0.660. The Hall–Kier alpha value is -5.94. The average molecular weight is 554 g/mol. The molecular formula is C38H23N3O2. The molecule has 0 saturated carbocycles. The van der Waals surface area contributed by atoms with Gasteiger partial charge in [0.15, 0.2) is 0 Å². The Kier molecular flexibility index (Phi) is 4.98. The lowest BCUT2D eigenvalue weighted by Crippen LogP contribution is -2.03. The number of fused-ring (bicyclic) bond motifs is 6. The molecule has 3 heterocycles. The Bertz CT molecular complexity index is 2520. The lowest BCUT2D eigenvalue weighted by atomic mass is 10.1. The smallest absolute Gasteiger partial charge is 0.200 e. The van der Waals surface area contributed by atoms with E-state index in [9.17, 15) is 4.79 Å². The second-order valence-electron chi connectivity index (χ2n) is 10.8. The van der Waals surface area contributed by atoms with Crippen molar-refractivity contribution in [1.29, 1.82) is 0 Å². The molecule has 5 nitrogen and oxygen atoms in total. The number of rotatable bonds is 3. The van der Waals surface area contributed by atoms with Gasteiger partial charge in [-0.3, -0.25) is 9.36 Å². The maximum atomic E-state index is 13.5. The highest BCUT2D eigenvalue weighted by Gasteiger charge is 2.18. The monoisotopic (exact) mass is 553 g/mol. The van der Waals surface area contributed by atoms with Crippen molar-refractivity contribution in [2.75, 3.05) is 0 Å². The standard InChI is InChI=1S/C38H23N3O2/c42-37-29-14-6-9-17-35(29)43-36-23-31-34(22-30(36)37)41(25-10-2-1-3-11-25)38(39-31)24-18-20-26(21-19-24)40-32-15-7-4-12-27(32)28-13-5-8-16-33(28)40/h1-23H. The van der Waals surface area contributed by atoms with Gasteiger partial charge in [0.05, 0.1) is 32.8 Å². The van der Waals surface area contributed by atoms with Crippen molar-refractivity contribution in [1.82, 2.24) is 14.1 Å². The van der Waals surface area contributed by atoms with E-state index >= 15 is 0 Å². The van der Waals surface area contributed by atoms with Crippen molar-refractivity contribution >= 4 is 54.8 Å². The topological polar surface area (TPSA) is 53.0 Å². The van der Waals surface area contributed by atoms with E-state index < -0.39 is 0 Å². The third-order valence-corrected chi connectivity index (χ3v) is 8.33. The van der Waals surface area contributed by atoms with Crippen LogP contribution in [0, 0.1) is 0 Å². The van der Waals surface area contributed by atoms with Crippen LogP contribution >= 0.6 is 0 Å². The largest absolute Gasteiger partial charge is 0.456 e. The second kappa shape index (κ2) is 9.03. The number of benzene rings is 6. The van der Waals surface area contributed by atoms with Crippen LogP contribution in [0.1, 0.15) is 0 Å². The van der Waals surface area contributed by atoms with Crippen LogP contribution in [-0.2, 0) is 0 Å². The molecule has 0 N–H and O–H groups in total. The van der Waals surface area contributed by atoms with Crippen LogP contribution in [0.3, 0.4) is 0 Å². The molecule has 5 heteroatoms. The summed E-state index contributed by atoms with van der Waals surface area (Å²) in [7, 11) is 0. The van der Waals surface area contributed by atoms with Crippen molar-refractivity contribution in [2.24, 2.45) is 0 Å². The predicted octanol–water partition coefficient (Wildman–Crippen LogP) is 9.05. The van der Waals surface area contributed by atoms with Crippen molar-refractivity contribution < 1.29 is 4.42 Å². The molecule has 0 aliphatic heterocycles. The van der Waals surface area contributed by atoms with Crippen molar-refractivity contribution in [3.05, 3.63) is 150 Å². The maximum Gasteiger partial charge on any atom is 0.200 e.